The molecule has 0 saturated carbocycles. The number of benzene rings is 1. The van der Waals surface area contributed by atoms with Gasteiger partial charge in [0, 0.05) is 32.0 Å². The van der Waals surface area contributed by atoms with E-state index in [9.17, 15) is 14.4 Å². The van der Waals surface area contributed by atoms with Crippen LogP contribution in [0.2, 0.25) is 0 Å². The molecule has 1 N–H and O–H groups in total. The molecule has 26 heavy (non-hydrogen) atoms. The van der Waals surface area contributed by atoms with E-state index >= 15 is 0 Å². The topological polar surface area (TPSA) is 97.2 Å². The molecule has 8 heteroatoms. The fraction of sp³-hybridized carbons (Fsp3) is 0.500. The third-order valence-electron chi connectivity index (χ3n) is 4.63. The van der Waals surface area contributed by atoms with Crippen LogP contribution in [0.3, 0.4) is 0 Å². The lowest BCUT2D eigenvalue weighted by atomic mass is 10.1. The molecule has 8 nitrogen and oxygen atoms in total. The van der Waals surface area contributed by atoms with Crippen LogP contribution in [-0.2, 0) is 16.1 Å². The van der Waals surface area contributed by atoms with Gasteiger partial charge in [0.15, 0.2) is 0 Å². The number of hydrogen-bond acceptors (Lipinski definition) is 5. The van der Waals surface area contributed by atoms with Crippen LogP contribution < -0.4 is 10.9 Å². The molecular weight excluding hydrogens is 334 g/mol. The molecule has 1 unspecified atom stereocenters. The van der Waals surface area contributed by atoms with E-state index in [1.165, 1.54) is 4.68 Å². The molecule has 0 aliphatic carbocycles. The van der Waals surface area contributed by atoms with E-state index in [1.54, 1.807) is 29.2 Å². The van der Waals surface area contributed by atoms with Gasteiger partial charge >= 0.3 is 0 Å². The van der Waals surface area contributed by atoms with Gasteiger partial charge in [-0.1, -0.05) is 24.3 Å². The number of aromatic nitrogens is 3. The van der Waals surface area contributed by atoms with Crippen LogP contribution in [0.25, 0.3) is 10.9 Å². The number of fused-ring (bicyclic) bond motifs is 1. The lowest BCUT2D eigenvalue weighted by Crippen LogP contribution is -2.49. The summed E-state index contributed by atoms with van der Waals surface area (Å²) in [4.78, 5) is 38.2. The Labute approximate surface area is 151 Å². The van der Waals surface area contributed by atoms with Crippen LogP contribution >= 0.6 is 0 Å². The van der Waals surface area contributed by atoms with Crippen LogP contribution in [-0.4, -0.2) is 50.8 Å². The molecule has 0 radical (unpaired) electrons. The van der Waals surface area contributed by atoms with Crippen LogP contribution in [0.5, 0.6) is 0 Å². The molecule has 1 aliphatic rings. The van der Waals surface area contributed by atoms with Gasteiger partial charge in [-0.25, -0.2) is 4.68 Å². The Bertz CT molecular complexity index is 863. The van der Waals surface area contributed by atoms with Crippen LogP contribution in [0.4, 0.5) is 0 Å². The number of nitrogens with one attached hydrogen (secondary N) is 1. The average Bonchev–Trinajstić information content (AvgIpc) is 2.67. The number of nitrogens with zero attached hydrogens (tertiary/aromatic N) is 4. The lowest BCUT2D eigenvalue weighted by Gasteiger charge is -2.33. The minimum absolute atomic E-state index is 0.00212. The highest BCUT2D eigenvalue weighted by atomic mass is 16.2. The molecule has 3 rings (SSSR count). The summed E-state index contributed by atoms with van der Waals surface area (Å²) in [7, 11) is 0. The summed E-state index contributed by atoms with van der Waals surface area (Å²) in [5, 5.41) is 11.4. The van der Waals surface area contributed by atoms with Crippen LogP contribution in [0.1, 0.15) is 32.6 Å². The van der Waals surface area contributed by atoms with Crippen LogP contribution in [0, 0.1) is 0 Å². The zero-order valence-corrected chi connectivity index (χ0v) is 14.9. The second-order valence-corrected chi connectivity index (χ2v) is 6.48. The van der Waals surface area contributed by atoms with Gasteiger partial charge in [0.1, 0.15) is 5.52 Å². The van der Waals surface area contributed by atoms with Gasteiger partial charge in [-0.2, -0.15) is 0 Å². The van der Waals surface area contributed by atoms with E-state index in [0.29, 0.717) is 30.4 Å². The van der Waals surface area contributed by atoms with Crippen molar-refractivity contribution in [1.82, 2.24) is 25.2 Å². The van der Waals surface area contributed by atoms with Crippen molar-refractivity contribution >= 4 is 22.7 Å². The maximum Gasteiger partial charge on any atom is 0.277 e. The number of likely N-dealkylation sites (tertiary alicyclic amines) is 1. The molecule has 138 valence electrons. The van der Waals surface area contributed by atoms with Gasteiger partial charge < -0.3 is 10.2 Å². The molecule has 1 atom stereocenters. The summed E-state index contributed by atoms with van der Waals surface area (Å²) >= 11 is 0. The first-order valence-corrected chi connectivity index (χ1v) is 8.98. The summed E-state index contributed by atoms with van der Waals surface area (Å²) in [6.45, 7) is 3.19. The first-order chi connectivity index (χ1) is 12.6. The molecule has 2 heterocycles. The standard InChI is InChI=1S/C18H23N5O3/c1-2-16(24)19-13-6-5-10-22(12-13)17(25)9-11-23-18(26)14-7-3-4-8-15(14)20-21-23/h3-4,7-8,13H,2,5-6,9-12H2,1H3,(H,19,24). The molecule has 0 spiro atoms. The van der Waals surface area contributed by atoms with Gasteiger partial charge in [0.2, 0.25) is 11.8 Å². The Hall–Kier alpha value is -2.77. The second-order valence-electron chi connectivity index (χ2n) is 6.48. The number of piperidine rings is 1. The predicted octanol–water partition coefficient (Wildman–Crippen LogP) is 0.699. The number of aryl methyl sites for hydroxylation is 1. The highest BCUT2D eigenvalue weighted by molar-refractivity contribution is 5.78. The third-order valence-corrected chi connectivity index (χ3v) is 4.63. The minimum atomic E-state index is -0.241. The monoisotopic (exact) mass is 357 g/mol. The zero-order valence-electron chi connectivity index (χ0n) is 14.9. The molecule has 1 saturated heterocycles. The molecule has 1 aromatic carbocycles. The normalized spacial score (nSPS) is 17.3. The molecule has 1 aromatic heterocycles. The summed E-state index contributed by atoms with van der Waals surface area (Å²) in [6.07, 6.45) is 2.36. The first kappa shape index (κ1) is 18.0. The van der Waals surface area contributed by atoms with Crippen molar-refractivity contribution in [2.45, 2.75) is 45.2 Å². The van der Waals surface area contributed by atoms with Crippen molar-refractivity contribution in [1.29, 1.82) is 0 Å². The SMILES string of the molecule is CCC(=O)NC1CCCN(C(=O)CCn2nnc3ccccc3c2=O)C1. The Morgan fingerprint density at radius 3 is 2.92 bits per heavy atom. The Morgan fingerprint density at radius 1 is 1.31 bits per heavy atom. The fourth-order valence-electron chi connectivity index (χ4n) is 3.18. The predicted molar refractivity (Wildman–Crippen MR) is 96.5 cm³/mol. The van der Waals surface area contributed by atoms with Gasteiger partial charge in [-0.3, -0.25) is 14.4 Å². The van der Waals surface area contributed by atoms with Crippen LogP contribution in [0.15, 0.2) is 29.1 Å². The summed E-state index contributed by atoms with van der Waals surface area (Å²) in [6, 6.07) is 7.02. The smallest absolute Gasteiger partial charge is 0.277 e. The van der Waals surface area contributed by atoms with Crippen molar-refractivity contribution in [2.75, 3.05) is 13.1 Å². The fourth-order valence-corrected chi connectivity index (χ4v) is 3.18. The second kappa shape index (κ2) is 8.07. The number of rotatable bonds is 5. The Morgan fingerprint density at radius 2 is 2.12 bits per heavy atom. The largest absolute Gasteiger partial charge is 0.352 e. The number of carbonyl (C=O) groups excluding carboxylic acids is 2. The minimum Gasteiger partial charge on any atom is -0.352 e. The molecule has 1 fully saturated rings. The van der Waals surface area contributed by atoms with Crippen molar-refractivity contribution in [3.8, 4) is 0 Å². The highest BCUT2D eigenvalue weighted by Gasteiger charge is 2.24. The summed E-state index contributed by atoms with van der Waals surface area (Å²) < 4.78 is 1.24. The van der Waals surface area contributed by atoms with Gasteiger partial charge in [-0.05, 0) is 25.0 Å². The van der Waals surface area contributed by atoms with Crippen molar-refractivity contribution in [3.63, 3.8) is 0 Å². The van der Waals surface area contributed by atoms with E-state index in [4.69, 9.17) is 0 Å². The maximum atomic E-state index is 12.5. The average molecular weight is 357 g/mol. The van der Waals surface area contributed by atoms with Crippen molar-refractivity contribution < 1.29 is 9.59 Å². The first-order valence-electron chi connectivity index (χ1n) is 8.98. The zero-order chi connectivity index (χ0) is 18.5. The van der Waals surface area contributed by atoms with E-state index in [-0.39, 0.29) is 36.4 Å². The number of hydrogen-bond donors (Lipinski definition) is 1. The van der Waals surface area contributed by atoms with Gasteiger partial charge in [0.05, 0.1) is 11.9 Å². The Kier molecular flexibility index (Phi) is 5.60. The molecule has 2 aromatic rings. The quantitative estimate of drug-likeness (QED) is 0.849. The molecule has 0 bridgehead atoms. The number of carbonyl (C=O) groups is 2. The van der Waals surface area contributed by atoms with Gasteiger partial charge in [-0.15, -0.1) is 5.10 Å². The van der Waals surface area contributed by atoms with Crippen molar-refractivity contribution in [2.24, 2.45) is 0 Å². The van der Waals surface area contributed by atoms with Crippen molar-refractivity contribution in [3.05, 3.63) is 34.6 Å². The Balaban J connectivity index is 1.61. The maximum absolute atomic E-state index is 12.5. The summed E-state index contributed by atoms with van der Waals surface area (Å²) in [5.41, 5.74) is 0.306. The third kappa shape index (κ3) is 4.07. The number of amides is 2. The lowest BCUT2D eigenvalue weighted by molar-refractivity contribution is -0.133. The van der Waals surface area contributed by atoms with E-state index in [1.807, 2.05) is 6.92 Å². The van der Waals surface area contributed by atoms with E-state index < -0.39 is 0 Å². The van der Waals surface area contributed by atoms with E-state index in [2.05, 4.69) is 15.6 Å². The molecular formula is C18H23N5O3. The van der Waals surface area contributed by atoms with Gasteiger partial charge in [0.25, 0.3) is 5.56 Å². The van der Waals surface area contributed by atoms with E-state index in [0.717, 1.165) is 12.8 Å². The molecule has 2 amide bonds. The highest BCUT2D eigenvalue weighted by Crippen LogP contribution is 2.12. The summed E-state index contributed by atoms with van der Waals surface area (Å²) in [5.74, 6) is -0.0374. The molecule has 1 aliphatic heterocycles.